The highest BCUT2D eigenvalue weighted by Crippen LogP contribution is 2.16. The first kappa shape index (κ1) is 26.7. The summed E-state index contributed by atoms with van der Waals surface area (Å²) in [5, 5.41) is 9.16. The second-order valence-electron chi connectivity index (χ2n) is 6.81. The van der Waals surface area contributed by atoms with Crippen molar-refractivity contribution in [2.45, 2.75) is 33.1 Å². The topological polar surface area (TPSA) is 73.5 Å². The van der Waals surface area contributed by atoms with Crippen molar-refractivity contribution in [3.63, 3.8) is 0 Å². The van der Waals surface area contributed by atoms with E-state index in [-0.39, 0.29) is 36.6 Å². The third kappa shape index (κ3) is 9.24. The number of benzene rings is 1. The molecule has 1 fully saturated rings. The van der Waals surface area contributed by atoms with Crippen LogP contribution in [0.2, 0.25) is 0 Å². The molecule has 0 bridgehead atoms. The first-order chi connectivity index (χ1) is 12.6. The molecule has 1 unspecified atom stereocenters. The maximum absolute atomic E-state index is 12.3. The van der Waals surface area contributed by atoms with Crippen LogP contribution in [0.5, 0.6) is 0 Å². The van der Waals surface area contributed by atoms with E-state index in [9.17, 15) is 9.59 Å². The molecule has 0 aliphatic carbocycles. The van der Waals surface area contributed by atoms with Crippen LogP contribution in [0.3, 0.4) is 0 Å². The molecule has 2 amide bonds. The highest BCUT2D eigenvalue weighted by molar-refractivity contribution is 5.97. The zero-order valence-corrected chi connectivity index (χ0v) is 18.5. The molecule has 1 heterocycles. The lowest BCUT2D eigenvalue weighted by molar-refractivity contribution is -0.116. The molecule has 1 aromatic rings. The first-order valence-corrected chi connectivity index (χ1v) is 9.73. The van der Waals surface area contributed by atoms with Gasteiger partial charge in [-0.15, -0.1) is 24.8 Å². The van der Waals surface area contributed by atoms with Crippen LogP contribution >= 0.6 is 24.8 Å². The second-order valence-corrected chi connectivity index (χ2v) is 6.81. The van der Waals surface area contributed by atoms with E-state index >= 15 is 0 Å². The number of likely N-dealkylation sites (N-methyl/N-ethyl adjacent to an activating group) is 1. The fraction of sp³-hybridized carbons (Fsp3) is 0.600. The van der Waals surface area contributed by atoms with Crippen molar-refractivity contribution in [1.29, 1.82) is 0 Å². The van der Waals surface area contributed by atoms with E-state index in [0.29, 0.717) is 30.1 Å². The minimum absolute atomic E-state index is 0. The zero-order chi connectivity index (χ0) is 18.8. The van der Waals surface area contributed by atoms with E-state index in [0.717, 1.165) is 45.6 Å². The van der Waals surface area contributed by atoms with Crippen LogP contribution in [0.25, 0.3) is 0 Å². The Morgan fingerprint density at radius 2 is 1.96 bits per heavy atom. The molecule has 0 aromatic heterocycles. The molecule has 28 heavy (non-hydrogen) atoms. The minimum atomic E-state index is -0.106. The third-order valence-corrected chi connectivity index (χ3v) is 4.96. The van der Waals surface area contributed by atoms with E-state index < -0.39 is 0 Å². The van der Waals surface area contributed by atoms with Crippen LogP contribution in [-0.2, 0) is 4.79 Å². The number of hydrogen-bond donors (Lipinski definition) is 3. The Kier molecular flexibility index (Phi) is 13.9. The highest BCUT2D eigenvalue weighted by Gasteiger charge is 2.16. The van der Waals surface area contributed by atoms with Gasteiger partial charge in [-0.2, -0.15) is 0 Å². The van der Waals surface area contributed by atoms with Gasteiger partial charge in [0.15, 0.2) is 0 Å². The summed E-state index contributed by atoms with van der Waals surface area (Å²) in [4.78, 5) is 26.7. The number of carbonyl (C=O) groups is 2. The molecule has 1 aromatic carbocycles. The summed E-state index contributed by atoms with van der Waals surface area (Å²) >= 11 is 0. The standard InChI is InChI=1S/C20H32N4O2.2ClH/c1-3-24(4-2)13-12-22-20(26)17-6-5-7-18(14-17)23-19(25)9-8-16-10-11-21-15-16;;/h5-7,14,16,21H,3-4,8-13,15H2,1-2H3,(H,22,26)(H,23,25);2*1H. The summed E-state index contributed by atoms with van der Waals surface area (Å²) in [6.07, 6.45) is 2.58. The summed E-state index contributed by atoms with van der Waals surface area (Å²) in [5.41, 5.74) is 1.25. The number of carbonyl (C=O) groups excluding carboxylic acids is 2. The molecular formula is C20H34Cl2N4O2. The van der Waals surface area contributed by atoms with Crippen molar-refractivity contribution in [2.24, 2.45) is 5.92 Å². The molecule has 0 radical (unpaired) electrons. The largest absolute Gasteiger partial charge is 0.351 e. The Hall–Kier alpha value is -1.34. The predicted molar refractivity (Wildman–Crippen MR) is 120 cm³/mol. The molecule has 0 saturated carbocycles. The van der Waals surface area contributed by atoms with E-state index in [1.165, 1.54) is 0 Å². The summed E-state index contributed by atoms with van der Waals surface area (Å²) in [5.74, 6) is 0.505. The zero-order valence-electron chi connectivity index (χ0n) is 16.8. The second kappa shape index (κ2) is 14.6. The first-order valence-electron chi connectivity index (χ1n) is 9.73. The molecule has 8 heteroatoms. The van der Waals surface area contributed by atoms with Crippen LogP contribution in [0, 0.1) is 5.92 Å². The number of hydrogen-bond acceptors (Lipinski definition) is 4. The van der Waals surface area contributed by atoms with E-state index in [4.69, 9.17) is 0 Å². The number of amides is 2. The van der Waals surface area contributed by atoms with Crippen molar-refractivity contribution in [2.75, 3.05) is 44.6 Å². The van der Waals surface area contributed by atoms with Crippen molar-refractivity contribution < 1.29 is 9.59 Å². The third-order valence-electron chi connectivity index (χ3n) is 4.96. The van der Waals surface area contributed by atoms with Gasteiger partial charge in [0.2, 0.25) is 5.91 Å². The highest BCUT2D eigenvalue weighted by atomic mass is 35.5. The molecule has 1 aliphatic heterocycles. The molecule has 1 atom stereocenters. The molecule has 3 N–H and O–H groups in total. The maximum atomic E-state index is 12.3. The van der Waals surface area contributed by atoms with Gasteiger partial charge < -0.3 is 20.9 Å². The van der Waals surface area contributed by atoms with Crippen molar-refractivity contribution in [3.8, 4) is 0 Å². The van der Waals surface area contributed by atoms with Crippen LogP contribution in [-0.4, -0.2) is 56.0 Å². The van der Waals surface area contributed by atoms with Gasteiger partial charge in [0, 0.05) is 30.8 Å². The molecule has 0 spiro atoms. The van der Waals surface area contributed by atoms with E-state index in [2.05, 4.69) is 34.7 Å². The number of nitrogens with zero attached hydrogens (tertiary/aromatic N) is 1. The Labute approximate surface area is 181 Å². The van der Waals surface area contributed by atoms with E-state index in [1.54, 1.807) is 18.2 Å². The van der Waals surface area contributed by atoms with Gasteiger partial charge in [-0.3, -0.25) is 9.59 Å². The molecule has 160 valence electrons. The lowest BCUT2D eigenvalue weighted by atomic mass is 10.0. The van der Waals surface area contributed by atoms with Gasteiger partial charge in [-0.25, -0.2) is 0 Å². The fourth-order valence-corrected chi connectivity index (χ4v) is 3.23. The summed E-state index contributed by atoms with van der Waals surface area (Å²) < 4.78 is 0. The van der Waals surface area contributed by atoms with Crippen LogP contribution < -0.4 is 16.0 Å². The molecule has 1 aliphatic rings. The monoisotopic (exact) mass is 432 g/mol. The summed E-state index contributed by atoms with van der Waals surface area (Å²) in [6.45, 7) is 9.70. The summed E-state index contributed by atoms with van der Waals surface area (Å²) in [6, 6.07) is 7.13. The van der Waals surface area contributed by atoms with Crippen molar-refractivity contribution in [3.05, 3.63) is 29.8 Å². The Morgan fingerprint density at radius 1 is 1.21 bits per heavy atom. The molecule has 2 rings (SSSR count). The Bertz CT molecular complexity index is 591. The number of nitrogens with one attached hydrogen (secondary N) is 3. The van der Waals surface area contributed by atoms with Gasteiger partial charge in [-0.05, 0) is 63.1 Å². The number of anilines is 1. The van der Waals surface area contributed by atoms with Gasteiger partial charge in [0.25, 0.3) is 5.91 Å². The Morgan fingerprint density at radius 3 is 2.61 bits per heavy atom. The average Bonchev–Trinajstić information content (AvgIpc) is 3.17. The average molecular weight is 433 g/mol. The van der Waals surface area contributed by atoms with Gasteiger partial charge in [-0.1, -0.05) is 19.9 Å². The minimum Gasteiger partial charge on any atom is -0.351 e. The number of halogens is 2. The van der Waals surface area contributed by atoms with Crippen LogP contribution in [0.4, 0.5) is 5.69 Å². The maximum Gasteiger partial charge on any atom is 0.251 e. The van der Waals surface area contributed by atoms with Crippen LogP contribution in [0.15, 0.2) is 24.3 Å². The molecule has 1 saturated heterocycles. The van der Waals surface area contributed by atoms with Crippen LogP contribution in [0.1, 0.15) is 43.5 Å². The van der Waals surface area contributed by atoms with Crippen molar-refractivity contribution >= 4 is 42.3 Å². The fourth-order valence-electron chi connectivity index (χ4n) is 3.23. The quantitative estimate of drug-likeness (QED) is 0.531. The normalized spacial score (nSPS) is 15.5. The van der Waals surface area contributed by atoms with Gasteiger partial charge >= 0.3 is 0 Å². The lowest BCUT2D eigenvalue weighted by Gasteiger charge is -2.18. The molecular weight excluding hydrogens is 399 g/mol. The van der Waals surface area contributed by atoms with Gasteiger partial charge in [0.1, 0.15) is 0 Å². The SMILES string of the molecule is CCN(CC)CCNC(=O)c1cccc(NC(=O)CCC2CCNC2)c1.Cl.Cl. The molecule has 6 nitrogen and oxygen atoms in total. The van der Waals surface area contributed by atoms with Crippen molar-refractivity contribution in [1.82, 2.24) is 15.5 Å². The lowest BCUT2D eigenvalue weighted by Crippen LogP contribution is -2.34. The van der Waals surface area contributed by atoms with Gasteiger partial charge in [0.05, 0.1) is 0 Å². The summed E-state index contributed by atoms with van der Waals surface area (Å²) in [7, 11) is 0. The van der Waals surface area contributed by atoms with E-state index in [1.807, 2.05) is 6.07 Å². The number of rotatable bonds is 10. The predicted octanol–water partition coefficient (Wildman–Crippen LogP) is 2.93. The smallest absolute Gasteiger partial charge is 0.251 e. The Balaban J connectivity index is 0.00000364.